The van der Waals surface area contributed by atoms with Gasteiger partial charge in [0.15, 0.2) is 11.5 Å². The highest BCUT2D eigenvalue weighted by Crippen LogP contribution is 2.41. The summed E-state index contributed by atoms with van der Waals surface area (Å²) >= 11 is 13.0. The molecule has 2 saturated heterocycles. The van der Waals surface area contributed by atoms with Gasteiger partial charge in [0.25, 0.3) is 0 Å². The molecule has 2 fully saturated rings. The van der Waals surface area contributed by atoms with E-state index in [0.29, 0.717) is 72.7 Å². The van der Waals surface area contributed by atoms with Crippen LogP contribution in [0.4, 0.5) is 15.8 Å². The SMILES string of the molecule is COc1cc2c(Nc3cc(OCc4cccc(F)c4)c(Cl)cc3Cl)c(C#N)cnc2cc1OCCCN1CCC2(CC1)CN(C)C2. The second-order valence-electron chi connectivity index (χ2n) is 12.2. The Bertz CT molecular complexity index is 1770. The minimum absolute atomic E-state index is 0.108. The number of hydrogen-bond donors (Lipinski definition) is 1. The van der Waals surface area contributed by atoms with Crippen molar-refractivity contribution in [3.8, 4) is 23.3 Å². The first-order valence-corrected chi connectivity index (χ1v) is 16.1. The molecule has 0 amide bonds. The van der Waals surface area contributed by atoms with Gasteiger partial charge >= 0.3 is 0 Å². The van der Waals surface area contributed by atoms with Crippen molar-refractivity contribution in [3.05, 3.63) is 81.7 Å². The van der Waals surface area contributed by atoms with E-state index in [0.717, 1.165) is 26.1 Å². The highest BCUT2D eigenvalue weighted by molar-refractivity contribution is 6.37. The van der Waals surface area contributed by atoms with Crippen molar-refractivity contribution < 1.29 is 18.6 Å². The fourth-order valence-electron chi connectivity index (χ4n) is 6.49. The smallest absolute Gasteiger partial charge is 0.163 e. The molecule has 46 heavy (non-hydrogen) atoms. The van der Waals surface area contributed by atoms with Gasteiger partial charge in [0.1, 0.15) is 24.2 Å². The highest BCUT2D eigenvalue weighted by atomic mass is 35.5. The summed E-state index contributed by atoms with van der Waals surface area (Å²) in [7, 11) is 3.79. The number of ether oxygens (including phenoxy) is 3. The second-order valence-corrected chi connectivity index (χ2v) is 13.0. The second kappa shape index (κ2) is 13.9. The predicted molar refractivity (Wildman–Crippen MR) is 179 cm³/mol. The van der Waals surface area contributed by atoms with E-state index in [1.807, 2.05) is 12.1 Å². The van der Waals surface area contributed by atoms with E-state index < -0.39 is 0 Å². The maximum atomic E-state index is 13.6. The topological polar surface area (TPSA) is 82.9 Å². The minimum atomic E-state index is -0.351. The van der Waals surface area contributed by atoms with Gasteiger partial charge in [0.05, 0.1) is 46.2 Å². The molecule has 2 aliphatic rings. The van der Waals surface area contributed by atoms with E-state index in [4.69, 9.17) is 37.4 Å². The van der Waals surface area contributed by atoms with Crippen molar-refractivity contribution in [2.24, 2.45) is 5.41 Å². The van der Waals surface area contributed by atoms with Crippen molar-refractivity contribution in [2.75, 3.05) is 58.8 Å². The van der Waals surface area contributed by atoms with Crippen molar-refractivity contribution in [1.29, 1.82) is 5.26 Å². The van der Waals surface area contributed by atoms with Crippen molar-refractivity contribution in [2.45, 2.75) is 25.9 Å². The van der Waals surface area contributed by atoms with Gasteiger partial charge in [-0.15, -0.1) is 0 Å². The number of piperidine rings is 1. The molecule has 0 saturated carbocycles. The largest absolute Gasteiger partial charge is 0.493 e. The lowest BCUT2D eigenvalue weighted by molar-refractivity contribution is -0.0318. The summed E-state index contributed by atoms with van der Waals surface area (Å²) in [4.78, 5) is 9.47. The summed E-state index contributed by atoms with van der Waals surface area (Å²) in [5, 5.41) is 14.5. The van der Waals surface area contributed by atoms with E-state index in [9.17, 15) is 9.65 Å². The average molecular weight is 665 g/mol. The first kappa shape index (κ1) is 32.1. The normalized spacial score (nSPS) is 16.2. The molecule has 3 heterocycles. The maximum absolute atomic E-state index is 13.6. The van der Waals surface area contributed by atoms with E-state index in [1.165, 1.54) is 44.3 Å². The fraction of sp³-hybridized carbons (Fsp3) is 0.371. The molecule has 1 aromatic heterocycles. The molecule has 0 unspecified atom stereocenters. The summed E-state index contributed by atoms with van der Waals surface area (Å²) in [5.41, 5.74) is 3.10. The number of methoxy groups -OCH3 is 1. The molecule has 0 atom stereocenters. The lowest BCUT2D eigenvalue weighted by Gasteiger charge is -2.53. The number of pyridine rings is 1. The Morgan fingerprint density at radius 1 is 1.02 bits per heavy atom. The van der Waals surface area contributed by atoms with Gasteiger partial charge in [0.2, 0.25) is 0 Å². The zero-order chi connectivity index (χ0) is 32.3. The molecule has 0 radical (unpaired) electrons. The zero-order valence-electron chi connectivity index (χ0n) is 25.9. The third-order valence-corrected chi connectivity index (χ3v) is 9.45. The quantitative estimate of drug-likeness (QED) is 0.164. The molecule has 4 aromatic rings. The Labute approximate surface area is 278 Å². The minimum Gasteiger partial charge on any atom is -0.493 e. The molecule has 6 rings (SSSR count). The first-order valence-electron chi connectivity index (χ1n) is 15.3. The van der Waals surface area contributed by atoms with Gasteiger partial charge < -0.3 is 29.3 Å². The summed E-state index contributed by atoms with van der Waals surface area (Å²) < 4.78 is 31.4. The fourth-order valence-corrected chi connectivity index (χ4v) is 6.97. The lowest BCUT2D eigenvalue weighted by atomic mass is 9.72. The molecule has 3 aromatic carbocycles. The van der Waals surface area contributed by atoms with Gasteiger partial charge in [0, 0.05) is 43.4 Å². The number of rotatable bonds is 11. The number of aromatic nitrogens is 1. The van der Waals surface area contributed by atoms with Crippen LogP contribution >= 0.6 is 23.2 Å². The average Bonchev–Trinajstić information content (AvgIpc) is 3.03. The summed E-state index contributed by atoms with van der Waals surface area (Å²) in [6.45, 7) is 6.40. The molecule has 8 nitrogen and oxygen atoms in total. The maximum Gasteiger partial charge on any atom is 0.163 e. The van der Waals surface area contributed by atoms with Crippen molar-refractivity contribution in [1.82, 2.24) is 14.8 Å². The van der Waals surface area contributed by atoms with Crippen LogP contribution in [0.15, 0.2) is 54.7 Å². The number of nitrogens with zero attached hydrogens (tertiary/aromatic N) is 4. The van der Waals surface area contributed by atoms with Gasteiger partial charge in [-0.05, 0) is 74.6 Å². The standard InChI is InChI=1S/C35H36Cl2FN5O3/c1-42-21-35(22-42)7-10-43(11-8-35)9-4-12-45-33-16-29-26(14-32(33)44-2)34(24(18-39)19-40-29)41-30-17-31(28(37)15-27(30)36)46-20-23-5-3-6-25(38)13-23/h3,5-6,13-17,19H,4,7-12,20-22H2,1-2H3,(H,40,41). The first-order chi connectivity index (χ1) is 22.3. The van der Waals surface area contributed by atoms with Crippen LogP contribution in [0.3, 0.4) is 0 Å². The summed E-state index contributed by atoms with van der Waals surface area (Å²) in [6, 6.07) is 15.2. The summed E-state index contributed by atoms with van der Waals surface area (Å²) in [5.74, 6) is 1.12. The molecule has 1 N–H and O–H groups in total. The molecule has 0 bridgehead atoms. The van der Waals surface area contributed by atoms with Crippen LogP contribution in [-0.4, -0.2) is 68.3 Å². The Morgan fingerprint density at radius 2 is 1.83 bits per heavy atom. The Morgan fingerprint density at radius 3 is 2.54 bits per heavy atom. The molecule has 0 aliphatic carbocycles. The van der Waals surface area contributed by atoms with Gasteiger partial charge in [-0.1, -0.05) is 35.3 Å². The lowest BCUT2D eigenvalue weighted by Crippen LogP contribution is -2.58. The van der Waals surface area contributed by atoms with Gasteiger partial charge in [-0.25, -0.2) is 4.39 Å². The van der Waals surface area contributed by atoms with E-state index in [-0.39, 0.29) is 12.4 Å². The zero-order valence-corrected chi connectivity index (χ0v) is 27.4. The molecule has 240 valence electrons. The van der Waals surface area contributed by atoms with Crippen LogP contribution in [0.25, 0.3) is 10.9 Å². The third-order valence-electron chi connectivity index (χ3n) is 8.84. The molecular weight excluding hydrogens is 628 g/mol. The molecule has 1 spiro atoms. The number of nitriles is 1. The van der Waals surface area contributed by atoms with Crippen LogP contribution < -0.4 is 19.5 Å². The van der Waals surface area contributed by atoms with Crippen LogP contribution in [0.5, 0.6) is 17.2 Å². The number of fused-ring (bicyclic) bond motifs is 1. The van der Waals surface area contributed by atoms with Gasteiger partial charge in [-0.3, -0.25) is 4.98 Å². The number of benzene rings is 3. The molecule has 2 aliphatic heterocycles. The molecular formula is C35H36Cl2FN5O3. The van der Waals surface area contributed by atoms with Crippen LogP contribution in [-0.2, 0) is 6.61 Å². The van der Waals surface area contributed by atoms with Crippen molar-refractivity contribution >= 4 is 45.5 Å². The Balaban J connectivity index is 1.16. The number of halogens is 3. The Hall–Kier alpha value is -3.81. The van der Waals surface area contributed by atoms with Gasteiger partial charge in [-0.2, -0.15) is 5.26 Å². The van der Waals surface area contributed by atoms with Crippen LogP contribution in [0.1, 0.15) is 30.4 Å². The predicted octanol–water partition coefficient (Wildman–Crippen LogP) is 7.68. The van der Waals surface area contributed by atoms with E-state index >= 15 is 0 Å². The third kappa shape index (κ3) is 7.11. The Kier molecular flexibility index (Phi) is 9.71. The molecule has 11 heteroatoms. The van der Waals surface area contributed by atoms with Crippen LogP contribution in [0, 0.1) is 22.6 Å². The van der Waals surface area contributed by atoms with E-state index in [1.54, 1.807) is 31.4 Å². The highest BCUT2D eigenvalue weighted by Gasteiger charge is 2.42. The monoisotopic (exact) mass is 663 g/mol. The number of hydrogen-bond acceptors (Lipinski definition) is 8. The van der Waals surface area contributed by atoms with E-state index in [2.05, 4.69) is 33.2 Å². The summed E-state index contributed by atoms with van der Waals surface area (Å²) in [6.07, 6.45) is 4.96. The van der Waals surface area contributed by atoms with Crippen LogP contribution in [0.2, 0.25) is 10.0 Å². The number of likely N-dealkylation sites (tertiary alicyclic amines) is 2. The number of anilines is 2. The number of nitrogens with one attached hydrogen (secondary N) is 1. The van der Waals surface area contributed by atoms with Crippen molar-refractivity contribution in [3.63, 3.8) is 0 Å².